The van der Waals surface area contributed by atoms with Crippen molar-refractivity contribution in [2.24, 2.45) is 5.92 Å². The summed E-state index contributed by atoms with van der Waals surface area (Å²) in [6.07, 6.45) is 0.440. The Kier molecular flexibility index (Phi) is 6.99. The number of aromatic hydroxyl groups is 1. The normalized spacial score (nSPS) is 17.0. The molecule has 162 valence electrons. The van der Waals surface area contributed by atoms with Crippen molar-refractivity contribution < 1.29 is 14.3 Å². The lowest BCUT2D eigenvalue weighted by molar-refractivity contribution is 0.0973. The zero-order valence-electron chi connectivity index (χ0n) is 17.7. The van der Waals surface area contributed by atoms with Crippen molar-refractivity contribution in [3.8, 4) is 5.75 Å². The number of nitrogens with one attached hydrogen (secondary N) is 1. The van der Waals surface area contributed by atoms with Crippen molar-refractivity contribution in [3.63, 3.8) is 0 Å². The van der Waals surface area contributed by atoms with Gasteiger partial charge in [-0.15, -0.1) is 0 Å². The van der Waals surface area contributed by atoms with E-state index in [1.54, 1.807) is 12.1 Å². The van der Waals surface area contributed by atoms with Crippen LogP contribution in [0.5, 0.6) is 5.75 Å². The fourth-order valence-corrected chi connectivity index (χ4v) is 3.55. The molecule has 1 aliphatic heterocycles. The lowest BCUT2D eigenvalue weighted by atomic mass is 10.1. The molecule has 3 rings (SSSR count). The molecule has 2 N–H and O–H groups in total. The summed E-state index contributed by atoms with van der Waals surface area (Å²) in [5.74, 6) is -0.457. The summed E-state index contributed by atoms with van der Waals surface area (Å²) in [6, 6.07) is 5.68. The second-order valence-electron chi connectivity index (χ2n) is 8.29. The number of nitrogens with zero attached hydrogens (tertiary/aromatic N) is 3. The van der Waals surface area contributed by atoms with Crippen LogP contribution in [0.25, 0.3) is 0 Å². The molecular weight excluding hydrogens is 387 g/mol. The number of hydrogen-bond donors (Lipinski definition) is 2. The molecule has 0 fully saturated rings. The maximum atomic E-state index is 13.1. The summed E-state index contributed by atoms with van der Waals surface area (Å²) in [5.41, 5.74) is 0.0277. The van der Waals surface area contributed by atoms with Crippen LogP contribution in [0.15, 0.2) is 29.1 Å². The lowest BCUT2D eigenvalue weighted by Crippen LogP contribution is -2.36. The molecule has 8 heteroatoms. The highest BCUT2D eigenvalue weighted by Crippen LogP contribution is 2.21. The molecule has 1 aromatic heterocycles. The molecule has 0 spiro atoms. The minimum Gasteiger partial charge on any atom is -0.501 e. The van der Waals surface area contributed by atoms with Crippen LogP contribution < -0.4 is 10.9 Å². The zero-order chi connectivity index (χ0) is 21.8. The van der Waals surface area contributed by atoms with Crippen LogP contribution in [0.1, 0.15) is 48.2 Å². The van der Waals surface area contributed by atoms with E-state index < -0.39 is 17.1 Å². The van der Waals surface area contributed by atoms with Gasteiger partial charge in [0, 0.05) is 26.1 Å². The first kappa shape index (κ1) is 22.1. The van der Waals surface area contributed by atoms with Gasteiger partial charge in [0.15, 0.2) is 11.5 Å². The summed E-state index contributed by atoms with van der Waals surface area (Å²) >= 11 is 0. The van der Waals surface area contributed by atoms with Gasteiger partial charge in [-0.05, 0) is 43.6 Å². The van der Waals surface area contributed by atoms with Crippen LogP contribution in [0.2, 0.25) is 0 Å². The molecule has 0 saturated heterocycles. The number of carbonyl (C=O) groups excluding carboxylic acids is 1. The van der Waals surface area contributed by atoms with Crippen molar-refractivity contribution in [1.82, 2.24) is 19.8 Å². The van der Waals surface area contributed by atoms with Crippen LogP contribution >= 0.6 is 0 Å². The van der Waals surface area contributed by atoms with Crippen LogP contribution in [0.3, 0.4) is 0 Å². The number of aromatic nitrogens is 2. The fraction of sp³-hybridized carbons (Fsp3) is 0.500. The second-order valence-corrected chi connectivity index (χ2v) is 8.29. The van der Waals surface area contributed by atoms with Crippen molar-refractivity contribution >= 4 is 5.78 Å². The molecule has 0 amide bonds. The van der Waals surface area contributed by atoms with E-state index in [4.69, 9.17) is 0 Å². The summed E-state index contributed by atoms with van der Waals surface area (Å²) in [4.78, 5) is 32.2. The van der Waals surface area contributed by atoms with Gasteiger partial charge < -0.3 is 15.3 Å². The highest BCUT2D eigenvalue weighted by Gasteiger charge is 2.28. The highest BCUT2D eigenvalue weighted by molar-refractivity contribution is 5.96. The van der Waals surface area contributed by atoms with Gasteiger partial charge >= 0.3 is 0 Å². The Morgan fingerprint density at radius 2 is 2.00 bits per heavy atom. The number of carbonyl (C=O) groups is 1. The highest BCUT2D eigenvalue weighted by atomic mass is 19.1. The molecule has 1 atom stereocenters. The molecule has 0 saturated carbocycles. The third-order valence-electron chi connectivity index (χ3n) is 5.28. The Morgan fingerprint density at radius 3 is 2.67 bits per heavy atom. The topological polar surface area (TPSA) is 87.5 Å². The number of rotatable bonds is 7. The van der Waals surface area contributed by atoms with Crippen LogP contribution in [-0.2, 0) is 13.0 Å². The molecule has 0 aliphatic carbocycles. The molecule has 0 radical (unpaired) electrons. The van der Waals surface area contributed by atoms with E-state index in [0.29, 0.717) is 37.8 Å². The van der Waals surface area contributed by atoms with Crippen LogP contribution in [0.4, 0.5) is 4.39 Å². The third kappa shape index (κ3) is 5.12. The van der Waals surface area contributed by atoms with Gasteiger partial charge in [0.25, 0.3) is 5.56 Å². The molecule has 0 bridgehead atoms. The van der Waals surface area contributed by atoms with Crippen molar-refractivity contribution in [2.45, 2.75) is 39.3 Å². The number of aryl methyl sites for hydroxylation is 1. The number of benzene rings is 1. The van der Waals surface area contributed by atoms with E-state index in [-0.39, 0.29) is 24.0 Å². The van der Waals surface area contributed by atoms with E-state index in [2.05, 4.69) is 29.0 Å². The monoisotopic (exact) mass is 416 g/mol. The average molecular weight is 416 g/mol. The Morgan fingerprint density at radius 1 is 1.30 bits per heavy atom. The predicted molar refractivity (Wildman–Crippen MR) is 112 cm³/mol. The maximum Gasteiger partial charge on any atom is 0.296 e. The van der Waals surface area contributed by atoms with Gasteiger partial charge in [0.2, 0.25) is 5.75 Å². The van der Waals surface area contributed by atoms with E-state index >= 15 is 0 Å². The van der Waals surface area contributed by atoms with E-state index in [9.17, 15) is 19.1 Å². The number of likely N-dealkylation sites (N-methyl/N-ethyl adjacent to an activating group) is 1. The first-order valence-electron chi connectivity index (χ1n) is 10.3. The zero-order valence-corrected chi connectivity index (χ0v) is 17.7. The molecule has 1 unspecified atom stereocenters. The Labute approximate surface area is 175 Å². The summed E-state index contributed by atoms with van der Waals surface area (Å²) in [6.45, 7) is 6.61. The number of halogens is 1. The predicted octanol–water partition coefficient (Wildman–Crippen LogP) is 2.14. The number of Topliss-reactive ketones (excluding diaryl/α,β-unsaturated/α-hetero) is 1. The SMILES string of the molecule is CC(C)CNC1CN(C)CCn2c1nc(C(=O)CCc1ccc(F)cc1)c(O)c2=O. The van der Waals surface area contributed by atoms with Crippen molar-refractivity contribution in [1.29, 1.82) is 0 Å². The molecule has 7 nitrogen and oxygen atoms in total. The Bertz CT molecular complexity index is 956. The van der Waals surface area contributed by atoms with Gasteiger partial charge in [-0.25, -0.2) is 9.37 Å². The fourth-order valence-electron chi connectivity index (χ4n) is 3.55. The molecule has 30 heavy (non-hydrogen) atoms. The van der Waals surface area contributed by atoms with E-state index in [1.807, 2.05) is 7.05 Å². The van der Waals surface area contributed by atoms with E-state index in [1.165, 1.54) is 16.7 Å². The third-order valence-corrected chi connectivity index (χ3v) is 5.28. The molecule has 1 aromatic carbocycles. The van der Waals surface area contributed by atoms with Gasteiger partial charge in [-0.1, -0.05) is 26.0 Å². The molecule has 2 aromatic rings. The molecule has 2 heterocycles. The Balaban J connectivity index is 1.89. The lowest BCUT2D eigenvalue weighted by Gasteiger charge is -2.23. The smallest absolute Gasteiger partial charge is 0.296 e. The van der Waals surface area contributed by atoms with Crippen LogP contribution in [0, 0.1) is 11.7 Å². The van der Waals surface area contributed by atoms with Gasteiger partial charge in [0.05, 0.1) is 6.04 Å². The summed E-state index contributed by atoms with van der Waals surface area (Å²) < 4.78 is 14.5. The standard InChI is InChI=1S/C22H29FN4O3/c1-14(2)12-24-17-13-26(3)10-11-27-21(17)25-19(20(29)22(27)30)18(28)9-6-15-4-7-16(23)8-5-15/h4-5,7-8,14,17,24,29H,6,9-13H2,1-3H3. The van der Waals surface area contributed by atoms with Gasteiger partial charge in [-0.3, -0.25) is 14.2 Å². The van der Waals surface area contributed by atoms with Gasteiger partial charge in [-0.2, -0.15) is 0 Å². The number of hydrogen-bond acceptors (Lipinski definition) is 6. The summed E-state index contributed by atoms with van der Waals surface area (Å²) in [5, 5.41) is 13.9. The van der Waals surface area contributed by atoms with E-state index in [0.717, 1.165) is 12.1 Å². The quantitative estimate of drug-likeness (QED) is 0.673. The minimum absolute atomic E-state index is 0.0685. The second kappa shape index (κ2) is 9.49. The first-order valence-corrected chi connectivity index (χ1v) is 10.3. The Hall–Kier alpha value is -2.58. The molecule has 1 aliphatic rings. The minimum atomic E-state index is -0.602. The molecular formula is C22H29FN4O3. The largest absolute Gasteiger partial charge is 0.501 e. The number of fused-ring (bicyclic) bond motifs is 1. The summed E-state index contributed by atoms with van der Waals surface area (Å²) in [7, 11) is 1.97. The van der Waals surface area contributed by atoms with Crippen molar-refractivity contribution in [3.05, 3.63) is 57.5 Å². The number of ketones is 1. The van der Waals surface area contributed by atoms with Gasteiger partial charge in [0.1, 0.15) is 11.6 Å². The van der Waals surface area contributed by atoms with Crippen molar-refractivity contribution in [2.75, 3.05) is 26.7 Å². The maximum absolute atomic E-state index is 13.1. The van der Waals surface area contributed by atoms with Crippen LogP contribution in [-0.4, -0.2) is 52.0 Å². The average Bonchev–Trinajstić information content (AvgIpc) is 2.87. The first-order chi connectivity index (χ1) is 14.3.